The molecule has 3 heterocycles. The van der Waals surface area contributed by atoms with Gasteiger partial charge in [-0.2, -0.15) is 5.10 Å². The van der Waals surface area contributed by atoms with E-state index in [0.29, 0.717) is 0 Å². The van der Waals surface area contributed by atoms with Gasteiger partial charge in [-0.25, -0.2) is 5.01 Å². The summed E-state index contributed by atoms with van der Waals surface area (Å²) in [6, 6.07) is 22.3. The highest BCUT2D eigenvalue weighted by Crippen LogP contribution is 2.48. The summed E-state index contributed by atoms with van der Waals surface area (Å²) in [5.41, 5.74) is 4.26. The number of benzene rings is 3. The second-order valence-electron chi connectivity index (χ2n) is 7.50. The third-order valence-corrected chi connectivity index (χ3v) is 5.80. The molecule has 3 aliphatic rings. The quantitative estimate of drug-likeness (QED) is 0.640. The maximum absolute atomic E-state index is 6.41. The molecule has 6 nitrogen and oxygen atoms in total. The standard InChI is InChI=1S/C24H20N2O4/c1-27-17-9-6-15(7-10-17)19-13-20-18-4-2-3-5-21(18)30-24(26(20)25-19)16-8-11-22-23(12-16)29-14-28-22/h2-12,20,24H,13-14H2,1H3. The molecule has 0 bridgehead atoms. The van der Waals surface area contributed by atoms with E-state index in [4.69, 9.17) is 24.0 Å². The van der Waals surface area contributed by atoms with Crippen LogP contribution in [0.2, 0.25) is 0 Å². The molecule has 2 unspecified atom stereocenters. The van der Waals surface area contributed by atoms with E-state index < -0.39 is 0 Å². The summed E-state index contributed by atoms with van der Waals surface area (Å²) in [5.74, 6) is 3.23. The lowest BCUT2D eigenvalue weighted by Crippen LogP contribution is -2.33. The Balaban J connectivity index is 1.41. The molecule has 150 valence electrons. The number of hydrogen-bond acceptors (Lipinski definition) is 6. The molecule has 0 aliphatic carbocycles. The van der Waals surface area contributed by atoms with Crippen molar-refractivity contribution in [3.05, 3.63) is 83.4 Å². The van der Waals surface area contributed by atoms with Gasteiger partial charge >= 0.3 is 0 Å². The van der Waals surface area contributed by atoms with Gasteiger partial charge in [0.05, 0.1) is 18.9 Å². The van der Waals surface area contributed by atoms with Crippen molar-refractivity contribution in [2.24, 2.45) is 5.10 Å². The highest BCUT2D eigenvalue weighted by Gasteiger charge is 2.41. The molecule has 6 heteroatoms. The van der Waals surface area contributed by atoms with Crippen molar-refractivity contribution in [1.82, 2.24) is 5.01 Å². The van der Waals surface area contributed by atoms with Crippen LogP contribution in [0.5, 0.6) is 23.0 Å². The smallest absolute Gasteiger partial charge is 0.231 e. The molecule has 0 fully saturated rings. The molecule has 3 aromatic carbocycles. The van der Waals surface area contributed by atoms with E-state index in [-0.39, 0.29) is 19.1 Å². The highest BCUT2D eigenvalue weighted by molar-refractivity contribution is 6.02. The molecular weight excluding hydrogens is 380 g/mol. The van der Waals surface area contributed by atoms with Gasteiger partial charge in [-0.15, -0.1) is 0 Å². The molecule has 3 aliphatic heterocycles. The Morgan fingerprint density at radius 1 is 0.933 bits per heavy atom. The van der Waals surface area contributed by atoms with Gasteiger partial charge in [-0.1, -0.05) is 18.2 Å². The number of hydrogen-bond donors (Lipinski definition) is 0. The number of para-hydroxylation sites is 1. The van der Waals surface area contributed by atoms with Gasteiger partial charge in [0.2, 0.25) is 13.0 Å². The average Bonchev–Trinajstić information content (AvgIpc) is 3.45. The van der Waals surface area contributed by atoms with Gasteiger partial charge in [-0.05, 0) is 54.1 Å². The van der Waals surface area contributed by atoms with Crippen molar-refractivity contribution in [3.8, 4) is 23.0 Å². The number of rotatable bonds is 3. The van der Waals surface area contributed by atoms with E-state index in [9.17, 15) is 0 Å². The summed E-state index contributed by atoms with van der Waals surface area (Å²) in [7, 11) is 1.67. The second kappa shape index (κ2) is 6.69. The van der Waals surface area contributed by atoms with E-state index in [0.717, 1.165) is 51.8 Å². The summed E-state index contributed by atoms with van der Waals surface area (Å²) >= 11 is 0. The van der Waals surface area contributed by atoms with Gasteiger partial charge in [0, 0.05) is 17.5 Å². The minimum Gasteiger partial charge on any atom is -0.497 e. The third kappa shape index (κ3) is 2.68. The van der Waals surface area contributed by atoms with E-state index >= 15 is 0 Å². The Morgan fingerprint density at radius 3 is 2.63 bits per heavy atom. The van der Waals surface area contributed by atoms with Gasteiger partial charge in [0.15, 0.2) is 11.5 Å². The van der Waals surface area contributed by atoms with Gasteiger partial charge in [-0.3, -0.25) is 0 Å². The van der Waals surface area contributed by atoms with Crippen molar-refractivity contribution in [3.63, 3.8) is 0 Å². The fraction of sp³-hybridized carbons (Fsp3) is 0.208. The number of hydrazone groups is 1. The molecule has 2 atom stereocenters. The molecule has 0 amide bonds. The Labute approximate surface area is 174 Å². The Kier molecular flexibility index (Phi) is 3.84. The predicted octanol–water partition coefficient (Wildman–Crippen LogP) is 4.67. The highest BCUT2D eigenvalue weighted by atomic mass is 16.7. The topological polar surface area (TPSA) is 52.5 Å². The third-order valence-electron chi connectivity index (χ3n) is 5.80. The van der Waals surface area contributed by atoms with Crippen LogP contribution in [0.3, 0.4) is 0 Å². The van der Waals surface area contributed by atoms with Crippen LogP contribution in [-0.4, -0.2) is 24.6 Å². The molecule has 0 N–H and O–H groups in total. The molecule has 30 heavy (non-hydrogen) atoms. The number of nitrogens with zero attached hydrogens (tertiary/aromatic N) is 2. The van der Waals surface area contributed by atoms with Crippen LogP contribution in [0, 0.1) is 0 Å². The van der Waals surface area contributed by atoms with Crippen LogP contribution in [0.25, 0.3) is 0 Å². The summed E-state index contributed by atoms with van der Waals surface area (Å²) in [6.07, 6.45) is 0.475. The molecule has 0 saturated carbocycles. The molecule has 0 saturated heterocycles. The monoisotopic (exact) mass is 400 g/mol. The summed E-state index contributed by atoms with van der Waals surface area (Å²) in [5, 5.41) is 7.07. The van der Waals surface area contributed by atoms with Gasteiger partial charge in [0.1, 0.15) is 11.5 Å². The SMILES string of the molecule is COc1ccc(C2=NN3C(C2)c2ccccc2OC3c2ccc3c(c2)OCO3)cc1. The van der Waals surface area contributed by atoms with E-state index in [2.05, 4.69) is 23.2 Å². The lowest BCUT2D eigenvalue weighted by molar-refractivity contribution is -0.0191. The van der Waals surface area contributed by atoms with Crippen molar-refractivity contribution >= 4 is 5.71 Å². The summed E-state index contributed by atoms with van der Waals surface area (Å²) in [6.45, 7) is 0.249. The lowest BCUT2D eigenvalue weighted by Gasteiger charge is -2.38. The minimum atomic E-state index is -0.338. The summed E-state index contributed by atoms with van der Waals surface area (Å²) in [4.78, 5) is 0. The predicted molar refractivity (Wildman–Crippen MR) is 111 cm³/mol. The Hall–Kier alpha value is -3.67. The van der Waals surface area contributed by atoms with Crippen molar-refractivity contribution < 1.29 is 18.9 Å². The molecule has 0 spiro atoms. The van der Waals surface area contributed by atoms with E-state index in [1.54, 1.807) is 7.11 Å². The first kappa shape index (κ1) is 17.2. The normalized spacial score (nSPS) is 20.8. The number of ether oxygens (including phenoxy) is 4. The van der Waals surface area contributed by atoms with Crippen LogP contribution < -0.4 is 18.9 Å². The van der Waals surface area contributed by atoms with E-state index in [1.807, 2.05) is 48.5 Å². The molecule has 3 aromatic rings. The van der Waals surface area contributed by atoms with Gasteiger partial charge < -0.3 is 18.9 Å². The maximum Gasteiger partial charge on any atom is 0.231 e. The zero-order valence-corrected chi connectivity index (χ0v) is 16.4. The first-order valence-corrected chi connectivity index (χ1v) is 9.95. The second-order valence-corrected chi connectivity index (χ2v) is 7.50. The zero-order valence-electron chi connectivity index (χ0n) is 16.4. The maximum atomic E-state index is 6.41. The Morgan fingerprint density at radius 2 is 1.77 bits per heavy atom. The number of methoxy groups -OCH3 is 1. The van der Waals surface area contributed by atoms with Crippen molar-refractivity contribution in [2.45, 2.75) is 18.7 Å². The van der Waals surface area contributed by atoms with Crippen LogP contribution in [-0.2, 0) is 0 Å². The first-order valence-electron chi connectivity index (χ1n) is 9.95. The van der Waals surface area contributed by atoms with Gasteiger partial charge in [0.25, 0.3) is 0 Å². The molecule has 6 rings (SSSR count). The summed E-state index contributed by atoms with van der Waals surface area (Å²) < 4.78 is 22.7. The van der Waals surface area contributed by atoms with Crippen LogP contribution in [0.15, 0.2) is 71.8 Å². The van der Waals surface area contributed by atoms with E-state index in [1.165, 1.54) is 0 Å². The largest absolute Gasteiger partial charge is 0.497 e. The minimum absolute atomic E-state index is 0.113. The zero-order chi connectivity index (χ0) is 20.1. The van der Waals surface area contributed by atoms with Crippen molar-refractivity contribution in [2.75, 3.05) is 13.9 Å². The Bertz CT molecular complexity index is 1140. The first-order chi connectivity index (χ1) is 14.8. The molecular formula is C24H20N2O4. The fourth-order valence-electron chi connectivity index (χ4n) is 4.28. The molecule has 0 aromatic heterocycles. The van der Waals surface area contributed by atoms with Crippen LogP contribution >= 0.6 is 0 Å². The van der Waals surface area contributed by atoms with Crippen molar-refractivity contribution in [1.29, 1.82) is 0 Å². The van der Waals surface area contributed by atoms with Crippen LogP contribution in [0.4, 0.5) is 0 Å². The molecule has 0 radical (unpaired) electrons. The fourth-order valence-corrected chi connectivity index (χ4v) is 4.28. The number of fused-ring (bicyclic) bond motifs is 4. The average molecular weight is 400 g/mol. The van der Waals surface area contributed by atoms with Crippen LogP contribution in [0.1, 0.15) is 35.4 Å². The lowest BCUT2D eigenvalue weighted by atomic mass is 9.96.